The van der Waals surface area contributed by atoms with Crippen molar-refractivity contribution in [3.63, 3.8) is 0 Å². The zero-order valence-corrected chi connectivity index (χ0v) is 26.3. The Morgan fingerprint density at radius 2 is 1.00 bits per heavy atom. The minimum absolute atomic E-state index is 0.489. The molecule has 2 heteroatoms. The SMILES string of the molecule is CC1=Cc2c(n(-c3ccc(Cc4ccc(-n5c6ccc(C)cc6c6cc(C)ccc65)cc4)cc3)c3ccc(C)cc23)C(C)C1. The van der Waals surface area contributed by atoms with Crippen LogP contribution in [0.2, 0.25) is 0 Å². The van der Waals surface area contributed by atoms with E-state index in [-0.39, 0.29) is 0 Å². The first-order valence-corrected chi connectivity index (χ1v) is 15.9. The maximum atomic E-state index is 2.50. The number of nitrogens with zero attached hydrogens (tertiary/aromatic N) is 2. The molecule has 0 saturated heterocycles. The lowest BCUT2D eigenvalue weighted by Gasteiger charge is -2.22. The molecule has 8 rings (SSSR count). The third kappa shape index (κ3) is 4.32. The number of allylic oxidation sites excluding steroid dienone is 1. The van der Waals surface area contributed by atoms with Gasteiger partial charge in [0.25, 0.3) is 0 Å². The van der Waals surface area contributed by atoms with Crippen LogP contribution in [-0.4, -0.2) is 9.13 Å². The van der Waals surface area contributed by atoms with Crippen LogP contribution in [0.15, 0.2) is 109 Å². The summed E-state index contributed by atoms with van der Waals surface area (Å²) in [5.74, 6) is 0.489. The fourth-order valence-corrected chi connectivity index (χ4v) is 7.54. The van der Waals surface area contributed by atoms with Crippen molar-refractivity contribution in [2.75, 3.05) is 0 Å². The standard InChI is InChI=1S/C42H38N2/c1-26-6-17-39-35(21-26)36-22-27(2)7-18-40(36)43(39)33-13-9-31(10-14-33)25-32-11-15-34(16-12-32)44-41-19-8-28(3)23-37(41)38-24-29(4)20-30(5)42(38)44/h6-19,21-24,30H,20,25H2,1-5H3. The Morgan fingerprint density at radius 1 is 0.545 bits per heavy atom. The largest absolute Gasteiger partial charge is 0.313 e. The third-order valence-electron chi connectivity index (χ3n) is 9.56. The van der Waals surface area contributed by atoms with E-state index in [1.165, 1.54) is 88.7 Å². The summed E-state index contributed by atoms with van der Waals surface area (Å²) in [6, 6.07) is 38.9. The number of benzene rings is 5. The number of hydrogen-bond donors (Lipinski definition) is 0. The van der Waals surface area contributed by atoms with E-state index < -0.39 is 0 Å². The van der Waals surface area contributed by atoms with Gasteiger partial charge in [-0.1, -0.05) is 77.7 Å². The molecule has 1 aliphatic carbocycles. The van der Waals surface area contributed by atoms with Gasteiger partial charge >= 0.3 is 0 Å². The summed E-state index contributed by atoms with van der Waals surface area (Å²) >= 11 is 0. The Labute approximate surface area is 259 Å². The predicted octanol–water partition coefficient (Wildman–Crippen LogP) is 11.2. The number of aromatic nitrogens is 2. The Bertz CT molecular complexity index is 2190. The molecule has 0 spiro atoms. The molecule has 0 fully saturated rings. The van der Waals surface area contributed by atoms with Gasteiger partial charge in [0, 0.05) is 44.7 Å². The Kier molecular flexibility index (Phi) is 6.17. The van der Waals surface area contributed by atoms with Crippen LogP contribution in [0, 0.1) is 20.8 Å². The Hall–Kier alpha value is -4.82. The van der Waals surface area contributed by atoms with Crippen molar-refractivity contribution >= 4 is 38.8 Å². The van der Waals surface area contributed by atoms with Gasteiger partial charge in [0.15, 0.2) is 0 Å². The molecule has 44 heavy (non-hydrogen) atoms. The van der Waals surface area contributed by atoms with E-state index in [9.17, 15) is 0 Å². The van der Waals surface area contributed by atoms with Gasteiger partial charge in [-0.3, -0.25) is 0 Å². The van der Waals surface area contributed by atoms with Crippen LogP contribution in [0.3, 0.4) is 0 Å². The molecule has 0 aliphatic heterocycles. The molecule has 2 heterocycles. The van der Waals surface area contributed by atoms with Gasteiger partial charge in [0.05, 0.1) is 16.6 Å². The molecule has 216 valence electrons. The number of aryl methyl sites for hydroxylation is 3. The van der Waals surface area contributed by atoms with E-state index in [0.29, 0.717) is 5.92 Å². The second-order valence-electron chi connectivity index (χ2n) is 13.1. The Balaban J connectivity index is 1.12. The number of hydrogen-bond acceptors (Lipinski definition) is 0. The number of rotatable bonds is 4. The van der Waals surface area contributed by atoms with Crippen LogP contribution in [0.5, 0.6) is 0 Å². The fraction of sp³-hybridized carbons (Fsp3) is 0.190. The van der Waals surface area contributed by atoms with Crippen LogP contribution in [0.25, 0.3) is 50.2 Å². The normalized spacial score (nSPS) is 14.8. The van der Waals surface area contributed by atoms with Crippen molar-refractivity contribution in [3.8, 4) is 11.4 Å². The van der Waals surface area contributed by atoms with Gasteiger partial charge in [-0.2, -0.15) is 0 Å². The van der Waals surface area contributed by atoms with Crippen molar-refractivity contribution in [1.82, 2.24) is 9.13 Å². The zero-order chi connectivity index (χ0) is 30.1. The van der Waals surface area contributed by atoms with Crippen LogP contribution in [0.4, 0.5) is 0 Å². The van der Waals surface area contributed by atoms with Crippen LogP contribution in [-0.2, 0) is 6.42 Å². The molecular weight excluding hydrogens is 532 g/mol. The molecule has 0 bridgehead atoms. The summed E-state index contributed by atoms with van der Waals surface area (Å²) in [6.45, 7) is 11.2. The van der Waals surface area contributed by atoms with Crippen LogP contribution in [0.1, 0.15) is 65.3 Å². The lowest BCUT2D eigenvalue weighted by Crippen LogP contribution is -2.08. The first-order valence-electron chi connectivity index (χ1n) is 15.9. The van der Waals surface area contributed by atoms with Crippen molar-refractivity contribution in [2.45, 2.75) is 53.4 Å². The smallest absolute Gasteiger partial charge is 0.0541 e. The second kappa shape index (κ2) is 10.1. The highest BCUT2D eigenvalue weighted by atomic mass is 15.0. The predicted molar refractivity (Wildman–Crippen MR) is 188 cm³/mol. The van der Waals surface area contributed by atoms with E-state index >= 15 is 0 Å². The van der Waals surface area contributed by atoms with Gasteiger partial charge in [-0.15, -0.1) is 0 Å². The quantitative estimate of drug-likeness (QED) is 0.199. The molecular formula is C42H38N2. The second-order valence-corrected chi connectivity index (χ2v) is 13.1. The minimum atomic E-state index is 0.489. The van der Waals surface area contributed by atoms with E-state index in [2.05, 4.69) is 153 Å². The third-order valence-corrected chi connectivity index (χ3v) is 9.56. The molecule has 0 N–H and O–H groups in total. The molecule has 0 radical (unpaired) electrons. The van der Waals surface area contributed by atoms with Crippen molar-refractivity contribution in [2.24, 2.45) is 0 Å². The monoisotopic (exact) mass is 570 g/mol. The van der Waals surface area contributed by atoms with Crippen molar-refractivity contribution < 1.29 is 0 Å². The highest BCUT2D eigenvalue weighted by molar-refractivity contribution is 6.09. The lowest BCUT2D eigenvalue weighted by molar-refractivity contribution is 0.700. The highest BCUT2D eigenvalue weighted by Gasteiger charge is 2.25. The van der Waals surface area contributed by atoms with Gasteiger partial charge in [-0.25, -0.2) is 0 Å². The first-order chi connectivity index (χ1) is 21.3. The molecule has 1 atom stereocenters. The van der Waals surface area contributed by atoms with E-state index in [1.807, 2.05) is 0 Å². The van der Waals surface area contributed by atoms with Crippen LogP contribution >= 0.6 is 0 Å². The average Bonchev–Trinajstić information content (AvgIpc) is 3.50. The molecule has 0 amide bonds. The molecule has 2 aromatic heterocycles. The maximum Gasteiger partial charge on any atom is 0.0541 e. The van der Waals surface area contributed by atoms with Gasteiger partial charge in [-0.05, 0) is 112 Å². The molecule has 0 saturated carbocycles. The molecule has 1 aliphatic rings. The first kappa shape index (κ1) is 26.8. The summed E-state index contributed by atoms with van der Waals surface area (Å²) < 4.78 is 4.91. The molecule has 2 nitrogen and oxygen atoms in total. The van der Waals surface area contributed by atoms with Crippen LogP contribution < -0.4 is 0 Å². The van der Waals surface area contributed by atoms with Gasteiger partial charge in [0.2, 0.25) is 0 Å². The van der Waals surface area contributed by atoms with Gasteiger partial charge < -0.3 is 9.13 Å². The summed E-state index contributed by atoms with van der Waals surface area (Å²) in [5.41, 5.74) is 17.1. The average molecular weight is 571 g/mol. The molecule has 5 aromatic carbocycles. The lowest BCUT2D eigenvalue weighted by atomic mass is 9.88. The summed E-state index contributed by atoms with van der Waals surface area (Å²) in [7, 11) is 0. The maximum absolute atomic E-state index is 2.50. The summed E-state index contributed by atoms with van der Waals surface area (Å²) in [6.07, 6.45) is 4.44. The van der Waals surface area contributed by atoms with Crippen molar-refractivity contribution in [1.29, 1.82) is 0 Å². The number of fused-ring (bicyclic) bond motifs is 6. The van der Waals surface area contributed by atoms with Crippen molar-refractivity contribution in [3.05, 3.63) is 148 Å². The minimum Gasteiger partial charge on any atom is -0.313 e. The van der Waals surface area contributed by atoms with E-state index in [1.54, 1.807) is 0 Å². The van der Waals surface area contributed by atoms with E-state index in [4.69, 9.17) is 0 Å². The van der Waals surface area contributed by atoms with E-state index in [0.717, 1.165) is 12.8 Å². The molecule has 7 aromatic rings. The Morgan fingerprint density at radius 3 is 1.52 bits per heavy atom. The highest BCUT2D eigenvalue weighted by Crippen LogP contribution is 2.41. The topological polar surface area (TPSA) is 9.86 Å². The summed E-state index contributed by atoms with van der Waals surface area (Å²) in [5, 5.41) is 4.00. The summed E-state index contributed by atoms with van der Waals surface area (Å²) in [4.78, 5) is 0. The van der Waals surface area contributed by atoms with Gasteiger partial charge in [0.1, 0.15) is 0 Å². The zero-order valence-electron chi connectivity index (χ0n) is 26.3. The fourth-order valence-electron chi connectivity index (χ4n) is 7.54. The molecule has 1 unspecified atom stereocenters.